The Kier molecular flexibility index (Phi) is 4.65. The lowest BCUT2D eigenvalue weighted by Crippen LogP contribution is -2.46. The normalized spacial score (nSPS) is 22.7. The molecule has 1 aliphatic heterocycles. The van der Waals surface area contributed by atoms with Gasteiger partial charge >= 0.3 is 12.0 Å². The third-order valence-corrected chi connectivity index (χ3v) is 4.62. The second kappa shape index (κ2) is 6.74. The average Bonchev–Trinajstić information content (AvgIpc) is 3.40. The van der Waals surface area contributed by atoms with Gasteiger partial charge in [-0.3, -0.25) is 14.5 Å². The number of rotatable bonds is 7. The number of amides is 3. The number of imide groups is 1. The Hall–Kier alpha value is -2.57. The first kappa shape index (κ1) is 17.3. The van der Waals surface area contributed by atoms with Crippen molar-refractivity contribution in [3.8, 4) is 5.75 Å². The fourth-order valence-electron chi connectivity index (χ4n) is 2.92. The van der Waals surface area contributed by atoms with Gasteiger partial charge in [-0.15, -0.1) is 0 Å². The molecule has 1 aliphatic carbocycles. The Morgan fingerprint density at radius 1 is 1.24 bits per heavy atom. The molecule has 0 bridgehead atoms. The Bertz CT molecular complexity index is 683. The van der Waals surface area contributed by atoms with Crippen LogP contribution in [0.4, 0.5) is 4.79 Å². The van der Waals surface area contributed by atoms with Crippen LogP contribution in [0.15, 0.2) is 24.3 Å². The Labute approximate surface area is 146 Å². The lowest BCUT2D eigenvalue weighted by Gasteiger charge is -2.20. The van der Waals surface area contributed by atoms with Crippen molar-refractivity contribution in [1.82, 2.24) is 10.2 Å². The molecule has 2 fully saturated rings. The molecule has 134 valence electrons. The van der Waals surface area contributed by atoms with Crippen molar-refractivity contribution in [2.24, 2.45) is 5.92 Å². The molecule has 1 N–H and O–H groups in total. The fourth-order valence-corrected chi connectivity index (χ4v) is 2.92. The molecule has 1 heterocycles. The Morgan fingerprint density at radius 3 is 2.56 bits per heavy atom. The number of ether oxygens (including phenoxy) is 2. The maximum absolute atomic E-state index is 12.4. The first-order valence-corrected chi connectivity index (χ1v) is 8.39. The molecule has 1 atom stereocenters. The van der Waals surface area contributed by atoms with Crippen LogP contribution in [0.5, 0.6) is 5.75 Å². The van der Waals surface area contributed by atoms with E-state index >= 15 is 0 Å². The summed E-state index contributed by atoms with van der Waals surface area (Å²) in [5.74, 6) is -0.132. The van der Waals surface area contributed by atoms with Crippen molar-refractivity contribution in [3.05, 3.63) is 29.8 Å². The quantitative estimate of drug-likeness (QED) is 0.461. The zero-order valence-electron chi connectivity index (χ0n) is 14.4. The van der Waals surface area contributed by atoms with E-state index in [0.717, 1.165) is 23.3 Å². The van der Waals surface area contributed by atoms with Crippen LogP contribution >= 0.6 is 0 Å². The highest BCUT2D eigenvalue weighted by atomic mass is 16.6. The molecule has 2 aliphatic rings. The Balaban J connectivity index is 1.42. The van der Waals surface area contributed by atoms with E-state index in [-0.39, 0.29) is 31.6 Å². The van der Waals surface area contributed by atoms with E-state index in [1.54, 1.807) is 6.92 Å². The SMILES string of the molecule is Cc1ccc(OCCOC(=O)CN2C(=O)N[C@](C)(C3CC3)C2=O)cc1. The summed E-state index contributed by atoms with van der Waals surface area (Å²) in [7, 11) is 0. The topological polar surface area (TPSA) is 84.9 Å². The van der Waals surface area contributed by atoms with Crippen molar-refractivity contribution in [2.75, 3.05) is 19.8 Å². The second-order valence-electron chi connectivity index (χ2n) is 6.68. The highest BCUT2D eigenvalue weighted by molar-refractivity contribution is 6.08. The number of hydrogen-bond acceptors (Lipinski definition) is 5. The average molecular weight is 346 g/mol. The van der Waals surface area contributed by atoms with E-state index in [2.05, 4.69) is 5.32 Å². The molecule has 1 saturated heterocycles. The molecule has 0 aromatic heterocycles. The number of carbonyl (C=O) groups is 3. The number of benzene rings is 1. The van der Waals surface area contributed by atoms with Crippen molar-refractivity contribution in [1.29, 1.82) is 0 Å². The molecule has 3 rings (SSSR count). The van der Waals surface area contributed by atoms with Crippen molar-refractivity contribution in [3.63, 3.8) is 0 Å². The molecule has 0 spiro atoms. The summed E-state index contributed by atoms with van der Waals surface area (Å²) >= 11 is 0. The molecule has 7 heteroatoms. The highest BCUT2D eigenvalue weighted by Crippen LogP contribution is 2.42. The van der Waals surface area contributed by atoms with Crippen LogP contribution in [0.1, 0.15) is 25.3 Å². The van der Waals surface area contributed by atoms with Gasteiger partial charge in [0, 0.05) is 0 Å². The summed E-state index contributed by atoms with van der Waals surface area (Å²) in [6, 6.07) is 6.99. The summed E-state index contributed by atoms with van der Waals surface area (Å²) in [5, 5.41) is 2.70. The van der Waals surface area contributed by atoms with Crippen LogP contribution in [-0.4, -0.2) is 48.1 Å². The van der Waals surface area contributed by atoms with E-state index in [0.29, 0.717) is 5.75 Å². The number of esters is 1. The predicted molar refractivity (Wildman–Crippen MR) is 89.0 cm³/mol. The fraction of sp³-hybridized carbons (Fsp3) is 0.500. The van der Waals surface area contributed by atoms with Crippen LogP contribution in [0.3, 0.4) is 0 Å². The van der Waals surface area contributed by atoms with Gasteiger partial charge in [-0.2, -0.15) is 0 Å². The molecule has 0 radical (unpaired) electrons. The van der Waals surface area contributed by atoms with E-state index in [9.17, 15) is 14.4 Å². The smallest absolute Gasteiger partial charge is 0.326 e. The minimum absolute atomic E-state index is 0.0518. The summed E-state index contributed by atoms with van der Waals surface area (Å²) in [6.45, 7) is 3.57. The molecular weight excluding hydrogens is 324 g/mol. The molecule has 3 amide bonds. The zero-order valence-corrected chi connectivity index (χ0v) is 14.4. The first-order valence-electron chi connectivity index (χ1n) is 8.39. The predicted octanol–water partition coefficient (Wildman–Crippen LogP) is 1.64. The van der Waals surface area contributed by atoms with E-state index in [1.165, 1.54) is 0 Å². The van der Waals surface area contributed by atoms with Crippen molar-refractivity contribution < 1.29 is 23.9 Å². The third kappa shape index (κ3) is 3.75. The molecular formula is C18H22N2O5. The number of nitrogens with zero attached hydrogens (tertiary/aromatic N) is 1. The molecule has 1 aromatic rings. The Morgan fingerprint density at radius 2 is 1.92 bits per heavy atom. The van der Waals surface area contributed by atoms with Crippen molar-refractivity contribution in [2.45, 2.75) is 32.2 Å². The number of aryl methyl sites for hydroxylation is 1. The van der Waals surface area contributed by atoms with Gasteiger partial charge < -0.3 is 14.8 Å². The molecule has 25 heavy (non-hydrogen) atoms. The van der Waals surface area contributed by atoms with Gasteiger partial charge in [0.15, 0.2) is 0 Å². The van der Waals surface area contributed by atoms with Gasteiger partial charge in [-0.05, 0) is 44.7 Å². The van der Waals surface area contributed by atoms with E-state index in [4.69, 9.17) is 9.47 Å². The van der Waals surface area contributed by atoms with Crippen LogP contribution < -0.4 is 10.1 Å². The van der Waals surface area contributed by atoms with E-state index in [1.807, 2.05) is 31.2 Å². The van der Waals surface area contributed by atoms with Crippen molar-refractivity contribution >= 4 is 17.9 Å². The first-order chi connectivity index (χ1) is 11.9. The monoisotopic (exact) mass is 346 g/mol. The summed E-state index contributed by atoms with van der Waals surface area (Å²) in [4.78, 5) is 37.2. The van der Waals surface area contributed by atoms with Crippen LogP contribution in [0, 0.1) is 12.8 Å². The molecule has 7 nitrogen and oxygen atoms in total. The van der Waals surface area contributed by atoms with E-state index < -0.39 is 17.5 Å². The van der Waals surface area contributed by atoms with Gasteiger partial charge in [0.05, 0.1) is 0 Å². The van der Waals surface area contributed by atoms with Gasteiger partial charge in [0.25, 0.3) is 5.91 Å². The lowest BCUT2D eigenvalue weighted by atomic mass is 9.96. The summed E-state index contributed by atoms with van der Waals surface area (Å²) in [6.07, 6.45) is 1.83. The minimum atomic E-state index is -0.883. The minimum Gasteiger partial charge on any atom is -0.490 e. The third-order valence-electron chi connectivity index (χ3n) is 4.62. The van der Waals surface area contributed by atoms with Crippen LogP contribution in [0.2, 0.25) is 0 Å². The van der Waals surface area contributed by atoms with Gasteiger partial charge in [0.2, 0.25) is 0 Å². The summed E-state index contributed by atoms with van der Waals surface area (Å²) < 4.78 is 10.5. The van der Waals surface area contributed by atoms with Crippen LogP contribution in [-0.2, 0) is 14.3 Å². The largest absolute Gasteiger partial charge is 0.490 e. The second-order valence-corrected chi connectivity index (χ2v) is 6.68. The lowest BCUT2D eigenvalue weighted by molar-refractivity contribution is -0.148. The van der Waals surface area contributed by atoms with Crippen LogP contribution in [0.25, 0.3) is 0 Å². The molecule has 0 unspecified atom stereocenters. The number of hydrogen-bond donors (Lipinski definition) is 1. The molecule has 1 saturated carbocycles. The number of nitrogens with one attached hydrogen (secondary N) is 1. The highest BCUT2D eigenvalue weighted by Gasteiger charge is 2.56. The maximum atomic E-state index is 12.4. The maximum Gasteiger partial charge on any atom is 0.326 e. The summed E-state index contributed by atoms with van der Waals surface area (Å²) in [5.41, 5.74) is 0.247. The molecule has 1 aromatic carbocycles. The standard InChI is InChI=1S/C18H22N2O5/c1-12-3-7-14(8-4-12)24-9-10-25-15(21)11-20-16(22)18(2,13-5-6-13)19-17(20)23/h3-4,7-8,13H,5-6,9-11H2,1-2H3,(H,19,23)/t18-/m1/s1. The zero-order chi connectivity index (χ0) is 18.0. The number of urea groups is 1. The van der Waals surface area contributed by atoms with Gasteiger partial charge in [-0.25, -0.2) is 4.79 Å². The number of carbonyl (C=O) groups excluding carboxylic acids is 3. The van der Waals surface area contributed by atoms with Gasteiger partial charge in [0.1, 0.15) is 31.0 Å². The van der Waals surface area contributed by atoms with Gasteiger partial charge in [-0.1, -0.05) is 17.7 Å².